The molecule has 1 fully saturated rings. The molecule has 2 amide bonds. The minimum atomic E-state index is -1.04. The molecular weight excluding hydrogens is 612 g/mol. The average molecular weight is 640 g/mol. The summed E-state index contributed by atoms with van der Waals surface area (Å²) < 4.78 is 35.6. The predicted molar refractivity (Wildman–Crippen MR) is 168 cm³/mol. The topological polar surface area (TPSA) is 133 Å². The molecule has 0 bridgehead atoms. The first-order valence-electron chi connectivity index (χ1n) is 14.6. The summed E-state index contributed by atoms with van der Waals surface area (Å²) in [5.41, 5.74) is 11.4. The van der Waals surface area contributed by atoms with Crippen LogP contribution < -0.4 is 10.6 Å². The van der Waals surface area contributed by atoms with Gasteiger partial charge in [-0.3, -0.25) is 19.1 Å². The Balaban J connectivity index is 1.38. The van der Waals surface area contributed by atoms with E-state index in [1.165, 1.54) is 22.3 Å². The summed E-state index contributed by atoms with van der Waals surface area (Å²) in [7, 11) is 0. The van der Waals surface area contributed by atoms with Crippen molar-refractivity contribution in [1.82, 2.24) is 24.7 Å². The Labute approximate surface area is 265 Å². The quantitative estimate of drug-likeness (QED) is 0.214. The number of carbonyl (C=O) groups excluding carboxylic acids is 2. The van der Waals surface area contributed by atoms with Crippen LogP contribution in [-0.2, 0) is 16.0 Å². The molecule has 2 N–H and O–H groups in total. The van der Waals surface area contributed by atoms with Gasteiger partial charge in [0.2, 0.25) is 11.8 Å². The predicted octanol–water partition coefficient (Wildman–Crippen LogP) is 6.38. The lowest BCUT2D eigenvalue weighted by Gasteiger charge is -2.35. The fourth-order valence-electron chi connectivity index (χ4n) is 6.01. The van der Waals surface area contributed by atoms with E-state index in [0.717, 1.165) is 34.5 Å². The summed E-state index contributed by atoms with van der Waals surface area (Å²) in [5.74, 6) is -1.47. The third-order valence-electron chi connectivity index (χ3n) is 8.08. The molecule has 0 spiro atoms. The van der Waals surface area contributed by atoms with Crippen LogP contribution in [0.25, 0.3) is 38.7 Å². The number of pyridine rings is 1. The Morgan fingerprint density at radius 3 is 2.63 bits per heavy atom. The number of aryl methyl sites for hydroxylation is 2. The third kappa shape index (κ3) is 5.21. The Hall–Kier alpha value is -5.30. The van der Waals surface area contributed by atoms with E-state index in [0.29, 0.717) is 52.0 Å². The van der Waals surface area contributed by atoms with Crippen LogP contribution in [-0.4, -0.2) is 36.5 Å². The molecule has 7 rings (SSSR count). The highest BCUT2D eigenvalue weighted by molar-refractivity contribution is 7.12. The molecule has 1 aliphatic heterocycles. The largest absolute Gasteiger partial charge is 0.369 e. The second-order valence-electron chi connectivity index (χ2n) is 11.2. The normalized spacial score (nSPS) is 15.2. The summed E-state index contributed by atoms with van der Waals surface area (Å²) in [5, 5.41) is 6.55. The third-order valence-corrected chi connectivity index (χ3v) is 8.91. The van der Waals surface area contributed by atoms with Crippen LogP contribution in [0.15, 0.2) is 64.6 Å². The van der Waals surface area contributed by atoms with Gasteiger partial charge in [0.25, 0.3) is 0 Å². The number of piperidine rings is 1. The number of carbonyl (C=O) groups is 2. The maximum Gasteiger partial charge on any atom is 0.227 e. The van der Waals surface area contributed by atoms with Gasteiger partial charge in [-0.2, -0.15) is 0 Å². The number of amides is 2. The highest BCUT2D eigenvalue weighted by atomic mass is 32.1. The minimum Gasteiger partial charge on any atom is -0.369 e. The Bertz CT molecular complexity index is 2120. The van der Waals surface area contributed by atoms with Gasteiger partial charge in [0.15, 0.2) is 16.8 Å². The van der Waals surface area contributed by atoms with Crippen molar-refractivity contribution in [1.29, 1.82) is 0 Å². The van der Waals surface area contributed by atoms with Crippen molar-refractivity contribution in [2.45, 2.75) is 45.6 Å². The number of fused-ring (bicyclic) bond motifs is 1. The van der Waals surface area contributed by atoms with E-state index in [2.05, 4.69) is 10.1 Å². The molecular formula is C33H27F2N7O3S. The maximum atomic E-state index is 14.4. The molecule has 0 saturated carbocycles. The maximum absolute atomic E-state index is 14.4. The summed E-state index contributed by atoms with van der Waals surface area (Å²) >= 11 is 1.38. The van der Waals surface area contributed by atoms with Crippen LogP contribution in [0, 0.1) is 25.5 Å². The fraction of sp³-hybridized carbons (Fsp3) is 0.212. The highest BCUT2D eigenvalue weighted by Gasteiger charge is 2.35. The van der Waals surface area contributed by atoms with Gasteiger partial charge in [0, 0.05) is 35.3 Å². The van der Waals surface area contributed by atoms with Crippen molar-refractivity contribution in [3.05, 3.63) is 94.6 Å². The molecule has 1 saturated heterocycles. The van der Waals surface area contributed by atoms with E-state index in [1.807, 2.05) is 42.0 Å². The first-order valence-corrected chi connectivity index (χ1v) is 15.5. The molecule has 6 aromatic rings. The van der Waals surface area contributed by atoms with Crippen LogP contribution in [0.5, 0.6) is 0 Å². The number of primary amides is 1. The molecule has 1 aliphatic rings. The molecule has 0 aliphatic carbocycles. The smallest absolute Gasteiger partial charge is 0.227 e. The number of halogens is 2. The second kappa shape index (κ2) is 11.6. The van der Waals surface area contributed by atoms with Crippen molar-refractivity contribution in [2.75, 3.05) is 4.90 Å². The number of imidazole rings is 1. The minimum absolute atomic E-state index is 0.0878. The number of nitrogens with two attached hydrogens (primary N) is 1. The molecule has 1 atom stereocenters. The number of nitrogens with zero attached hydrogens (tertiary/aromatic N) is 6. The lowest BCUT2D eigenvalue weighted by molar-refractivity contribution is -0.120. The van der Waals surface area contributed by atoms with Crippen molar-refractivity contribution < 1.29 is 22.9 Å². The molecule has 13 heteroatoms. The number of hydrogen-bond acceptors (Lipinski definition) is 8. The fourth-order valence-corrected chi connectivity index (χ4v) is 6.85. The Kier molecular flexibility index (Phi) is 7.40. The Morgan fingerprint density at radius 2 is 1.91 bits per heavy atom. The summed E-state index contributed by atoms with van der Waals surface area (Å²) in [6.45, 7) is 3.72. The molecule has 10 nitrogen and oxygen atoms in total. The second-order valence-corrected chi connectivity index (χ2v) is 12.0. The van der Waals surface area contributed by atoms with Crippen LogP contribution in [0.3, 0.4) is 0 Å². The van der Waals surface area contributed by atoms with E-state index >= 15 is 0 Å². The van der Waals surface area contributed by atoms with Gasteiger partial charge in [-0.15, -0.1) is 11.3 Å². The van der Waals surface area contributed by atoms with E-state index in [9.17, 15) is 18.4 Å². The van der Waals surface area contributed by atoms with Crippen molar-refractivity contribution >= 4 is 39.9 Å². The van der Waals surface area contributed by atoms with Crippen LogP contribution >= 0.6 is 11.3 Å². The first-order chi connectivity index (χ1) is 22.2. The van der Waals surface area contributed by atoms with Crippen molar-refractivity contribution in [3.8, 4) is 27.6 Å². The SMILES string of the molecule is Cc1noc(C)c1-c1ccc2c(c1)nc([C@@H]1CCCC(=O)N1c1ccc(F)c(F)c1)n2-c1nc(-c2ccc(CC(N)=O)cn2)cs1. The lowest BCUT2D eigenvalue weighted by atomic mass is 9.99. The monoisotopic (exact) mass is 639 g/mol. The van der Waals surface area contributed by atoms with Crippen molar-refractivity contribution in [3.63, 3.8) is 0 Å². The number of anilines is 1. The molecule has 2 aromatic carbocycles. The molecule has 0 unspecified atom stereocenters. The van der Waals surface area contributed by atoms with Crippen molar-refractivity contribution in [2.24, 2.45) is 5.73 Å². The standard InChI is InChI=1S/C33H27F2N7O3S/c1-17-31(18(2)45-40-17)20-7-11-27-25(13-20)38-32(28-4-3-5-30(44)41(28)21-8-9-22(34)23(35)14-21)42(27)33-39-26(16-46-33)24-10-6-19(15-37-24)12-29(36)43/h6-11,13-16,28H,3-5,12H2,1-2H3,(H2,36,43)/t28-/m0/s1. The highest BCUT2D eigenvalue weighted by Crippen LogP contribution is 2.40. The van der Waals surface area contributed by atoms with E-state index < -0.39 is 23.6 Å². The van der Waals surface area contributed by atoms with Gasteiger partial charge in [-0.1, -0.05) is 17.3 Å². The van der Waals surface area contributed by atoms with Gasteiger partial charge in [0.1, 0.15) is 17.3 Å². The van der Waals surface area contributed by atoms with E-state index in [1.54, 1.807) is 18.3 Å². The summed E-state index contributed by atoms with van der Waals surface area (Å²) in [4.78, 5) is 40.7. The van der Waals surface area contributed by atoms with E-state index in [-0.39, 0.29) is 24.4 Å². The van der Waals surface area contributed by atoms with Crippen LogP contribution in [0.2, 0.25) is 0 Å². The molecule has 4 aromatic heterocycles. The molecule has 46 heavy (non-hydrogen) atoms. The average Bonchev–Trinajstić information content (AvgIpc) is 3.75. The zero-order valence-electron chi connectivity index (χ0n) is 24.8. The zero-order chi connectivity index (χ0) is 32.1. The molecule has 5 heterocycles. The summed E-state index contributed by atoms with van der Waals surface area (Å²) in [6.07, 6.45) is 3.10. The van der Waals surface area contributed by atoms with Crippen LogP contribution in [0.1, 0.15) is 48.1 Å². The number of aromatic nitrogens is 5. The number of rotatable bonds is 7. The van der Waals surface area contributed by atoms with Gasteiger partial charge in [-0.05, 0) is 68.1 Å². The van der Waals surface area contributed by atoms with E-state index in [4.69, 9.17) is 20.2 Å². The number of benzene rings is 2. The Morgan fingerprint density at radius 1 is 1.07 bits per heavy atom. The number of thiazole rings is 1. The zero-order valence-corrected chi connectivity index (χ0v) is 25.6. The van der Waals surface area contributed by atoms with Gasteiger partial charge < -0.3 is 15.2 Å². The lowest BCUT2D eigenvalue weighted by Crippen LogP contribution is -2.39. The van der Waals surface area contributed by atoms with Gasteiger partial charge in [-0.25, -0.2) is 18.7 Å². The van der Waals surface area contributed by atoms with Gasteiger partial charge in [0.05, 0.1) is 34.9 Å². The first kappa shape index (κ1) is 29.4. The molecule has 0 radical (unpaired) electrons. The molecule has 232 valence electrons. The summed E-state index contributed by atoms with van der Waals surface area (Å²) in [6, 6.07) is 12.3. The van der Waals surface area contributed by atoms with Gasteiger partial charge >= 0.3 is 0 Å². The number of hydrogen-bond donors (Lipinski definition) is 1. The van der Waals surface area contributed by atoms with Crippen LogP contribution in [0.4, 0.5) is 14.5 Å².